The van der Waals surface area contributed by atoms with Gasteiger partial charge in [-0.3, -0.25) is 28.8 Å². The van der Waals surface area contributed by atoms with E-state index in [2.05, 4.69) is 0 Å². The molecule has 2 N–H and O–H groups in total. The van der Waals surface area contributed by atoms with Crippen LogP contribution in [0.25, 0.3) is 44.5 Å². The van der Waals surface area contributed by atoms with Gasteiger partial charge < -0.3 is 29.2 Å². The maximum atomic E-state index is 13.8. The van der Waals surface area contributed by atoms with Crippen molar-refractivity contribution in [3.63, 3.8) is 0 Å². The normalized spacial score (nSPS) is 10.9. The molecule has 12 nitrogen and oxygen atoms in total. The Balaban J connectivity index is 0.501. The van der Waals surface area contributed by atoms with Gasteiger partial charge in [0.25, 0.3) is 0 Å². The fourth-order valence-corrected chi connectivity index (χ4v) is 12.4. The van der Waals surface area contributed by atoms with Crippen molar-refractivity contribution in [2.45, 2.75) is 0 Å². The van der Waals surface area contributed by atoms with Gasteiger partial charge in [-0.15, -0.1) is 0 Å². The van der Waals surface area contributed by atoms with E-state index in [1.807, 2.05) is 146 Å². The molecule has 0 aliphatic carbocycles. The Hall–Kier alpha value is -14.9. The molecule has 0 amide bonds. The summed E-state index contributed by atoms with van der Waals surface area (Å²) >= 11 is 0. The summed E-state index contributed by atoms with van der Waals surface area (Å²) in [5.74, 6) is 3.57. The highest BCUT2D eigenvalue weighted by molar-refractivity contribution is 6.15. The number of carbonyl (C=O) groups is 6. The molecule has 518 valence electrons. The quantitative estimate of drug-likeness (QED) is 0.0548. The van der Waals surface area contributed by atoms with Gasteiger partial charge in [-0.2, -0.15) is 0 Å². The third kappa shape index (κ3) is 16.0. The van der Waals surface area contributed by atoms with Crippen molar-refractivity contribution in [3.05, 3.63) is 431 Å². The Morgan fingerprint density at radius 3 is 0.454 bits per heavy atom. The first-order valence-electron chi connectivity index (χ1n) is 34.6. The monoisotopic (exact) mass is 1410 g/mol. The zero-order valence-corrected chi connectivity index (χ0v) is 57.6. The van der Waals surface area contributed by atoms with Gasteiger partial charge in [0.2, 0.25) is 0 Å². The average Bonchev–Trinajstić information content (AvgIpc) is 0.817. The van der Waals surface area contributed by atoms with Crippen LogP contribution in [0.5, 0.6) is 57.5 Å². The molecule has 0 aliphatic heterocycles. The summed E-state index contributed by atoms with van der Waals surface area (Å²) < 4.78 is 24.4. The SMILES string of the molecule is O=C(c1ccc(Oc2ccc(-c3ccc(C(=O)c4cccc(C(=O)c5ccc(Oc6ccc(-c7ccc(O)cc7)cc6)cc5)c4)cc3)cc2)cc1)c1cccc(C(=O)c2ccc(Oc3ccc(-c4ccc(C(=O)c5cccc(C(=O)c6ccc(Oc7ccc(-c8ccc(O)cc8)cc7)cc6)c5)cc4)cc3)cc2)c1. The second-order valence-electron chi connectivity index (χ2n) is 25.6. The molecule has 0 heterocycles. The number of aromatic hydroxyl groups is 2. The van der Waals surface area contributed by atoms with Gasteiger partial charge >= 0.3 is 0 Å². The fourth-order valence-electron chi connectivity index (χ4n) is 12.4. The number of benzene rings is 15. The largest absolute Gasteiger partial charge is 0.508 e. The zero-order chi connectivity index (χ0) is 74.0. The van der Waals surface area contributed by atoms with Crippen LogP contribution in [-0.4, -0.2) is 44.9 Å². The van der Waals surface area contributed by atoms with Gasteiger partial charge in [0, 0.05) is 66.8 Å². The number of rotatable bonds is 24. The number of phenols is 2. The van der Waals surface area contributed by atoms with Crippen molar-refractivity contribution < 1.29 is 57.9 Å². The smallest absolute Gasteiger partial charge is 0.193 e. The Morgan fingerprint density at radius 2 is 0.287 bits per heavy atom. The number of carbonyl (C=O) groups excluding carboxylic acids is 6. The molecule has 15 aromatic rings. The number of hydrogen-bond acceptors (Lipinski definition) is 12. The molecule has 12 heteroatoms. The topological polar surface area (TPSA) is 180 Å². The van der Waals surface area contributed by atoms with Gasteiger partial charge in [0.1, 0.15) is 57.5 Å². The third-order valence-electron chi connectivity index (χ3n) is 18.3. The Morgan fingerprint density at radius 1 is 0.157 bits per heavy atom. The Labute approximate surface area is 621 Å². The van der Waals surface area contributed by atoms with E-state index in [1.54, 1.807) is 218 Å². The maximum absolute atomic E-state index is 13.8. The summed E-state index contributed by atoms with van der Waals surface area (Å²) in [6, 6.07) is 106. The molecule has 0 unspecified atom stereocenters. The van der Waals surface area contributed by atoms with Gasteiger partial charge in [0.05, 0.1) is 0 Å². The summed E-state index contributed by atoms with van der Waals surface area (Å²) in [4.78, 5) is 82.4. The molecule has 108 heavy (non-hydrogen) atoms. The molecular weight excluding hydrogens is 1350 g/mol. The van der Waals surface area contributed by atoms with Crippen molar-refractivity contribution in [2.75, 3.05) is 0 Å². The van der Waals surface area contributed by atoms with Crippen LogP contribution in [0.3, 0.4) is 0 Å². The Bertz CT molecular complexity index is 5460. The number of hydrogen-bond donors (Lipinski definition) is 2. The molecule has 15 rings (SSSR count). The molecule has 0 aliphatic rings. The van der Waals surface area contributed by atoms with Crippen molar-refractivity contribution in [1.29, 1.82) is 0 Å². The highest BCUT2D eigenvalue weighted by Crippen LogP contribution is 2.34. The second kappa shape index (κ2) is 31.0. The van der Waals surface area contributed by atoms with E-state index in [-0.39, 0.29) is 46.2 Å². The summed E-state index contributed by atoms with van der Waals surface area (Å²) in [6.45, 7) is 0. The number of ketones is 6. The third-order valence-corrected chi connectivity index (χ3v) is 18.3. The van der Waals surface area contributed by atoms with Crippen LogP contribution >= 0.6 is 0 Å². The van der Waals surface area contributed by atoms with Crippen LogP contribution in [0.2, 0.25) is 0 Å². The molecule has 0 aromatic heterocycles. The lowest BCUT2D eigenvalue weighted by atomic mass is 9.96. The van der Waals surface area contributed by atoms with Crippen molar-refractivity contribution >= 4 is 34.7 Å². The number of phenolic OH excluding ortho intramolecular Hbond substituents is 2. The van der Waals surface area contributed by atoms with Crippen molar-refractivity contribution in [1.82, 2.24) is 0 Å². The standard InChI is InChI=1S/C96H62O12/c97-81-38-18-63(19-39-81)67-26-46-85(47-27-67)107-89-54-30-71(31-55-89)93(101)77-6-1-4-75(58-77)91(99)69-14-10-61(11-15-69)65-22-42-83(43-23-65)105-87-50-34-73(35-51-87)95(103)79-8-3-9-80(60-79)96(104)74-36-52-88(53-37-74)106-84-44-24-66(25-45-84)62-12-16-70(17-13-62)92(100)76-5-2-7-78(59-76)94(102)72-32-56-90(57-33-72)108-86-48-28-68(29-49-86)64-20-40-82(98)41-21-64/h1-60,97-98H. The summed E-state index contributed by atoms with van der Waals surface area (Å²) in [7, 11) is 0. The van der Waals surface area contributed by atoms with E-state index in [4.69, 9.17) is 18.9 Å². The van der Waals surface area contributed by atoms with Crippen molar-refractivity contribution in [2.24, 2.45) is 0 Å². The minimum Gasteiger partial charge on any atom is -0.508 e. The molecule has 0 spiro atoms. The first-order chi connectivity index (χ1) is 52.7. The minimum atomic E-state index is -0.260. The van der Waals surface area contributed by atoms with Gasteiger partial charge in [-0.05, 0) is 233 Å². The van der Waals surface area contributed by atoms with E-state index in [0.29, 0.717) is 113 Å². The van der Waals surface area contributed by atoms with Crippen LogP contribution in [0.15, 0.2) is 364 Å². The molecule has 0 bridgehead atoms. The van der Waals surface area contributed by atoms with Gasteiger partial charge in [0.15, 0.2) is 34.7 Å². The molecule has 0 saturated heterocycles. The van der Waals surface area contributed by atoms with E-state index in [9.17, 15) is 39.0 Å². The molecule has 0 radical (unpaired) electrons. The predicted octanol–water partition coefficient (Wildman–Crippen LogP) is 22.3. The molecule has 0 atom stereocenters. The summed E-state index contributed by atoms with van der Waals surface area (Å²) in [6.07, 6.45) is 0. The molecule has 0 fully saturated rings. The minimum absolute atomic E-state index is 0.205. The maximum Gasteiger partial charge on any atom is 0.193 e. The lowest BCUT2D eigenvalue weighted by molar-refractivity contribution is 0.102. The van der Waals surface area contributed by atoms with Crippen molar-refractivity contribution in [3.8, 4) is 102 Å². The zero-order valence-electron chi connectivity index (χ0n) is 57.6. The fraction of sp³-hybridized carbons (Fsp3) is 0. The van der Waals surface area contributed by atoms with Crippen LogP contribution in [-0.2, 0) is 0 Å². The van der Waals surface area contributed by atoms with Crippen LogP contribution in [0.4, 0.5) is 0 Å². The summed E-state index contributed by atoms with van der Waals surface area (Å²) in [5.41, 5.74) is 12.4. The van der Waals surface area contributed by atoms with E-state index in [1.165, 1.54) is 0 Å². The first kappa shape index (κ1) is 68.9. The average molecular weight is 1410 g/mol. The highest BCUT2D eigenvalue weighted by atomic mass is 16.5. The predicted molar refractivity (Wildman–Crippen MR) is 417 cm³/mol. The van der Waals surface area contributed by atoms with E-state index < -0.39 is 0 Å². The molecule has 15 aromatic carbocycles. The highest BCUT2D eigenvalue weighted by Gasteiger charge is 2.20. The van der Waals surface area contributed by atoms with E-state index in [0.717, 1.165) is 44.5 Å². The lowest BCUT2D eigenvalue weighted by Crippen LogP contribution is -2.06. The van der Waals surface area contributed by atoms with Gasteiger partial charge in [-0.1, -0.05) is 176 Å². The number of ether oxygens (including phenoxy) is 4. The van der Waals surface area contributed by atoms with Crippen LogP contribution in [0.1, 0.15) is 95.5 Å². The lowest BCUT2D eigenvalue weighted by Gasteiger charge is -2.10. The Kier molecular flexibility index (Phi) is 19.8. The molecular formula is C96H62O12. The van der Waals surface area contributed by atoms with E-state index >= 15 is 0 Å². The second-order valence-corrected chi connectivity index (χ2v) is 25.6. The van der Waals surface area contributed by atoms with Gasteiger partial charge in [-0.25, -0.2) is 0 Å². The molecule has 0 saturated carbocycles. The van der Waals surface area contributed by atoms with Crippen LogP contribution < -0.4 is 18.9 Å². The first-order valence-corrected chi connectivity index (χ1v) is 34.6. The summed E-state index contributed by atoms with van der Waals surface area (Å²) in [5, 5.41) is 19.2. The van der Waals surface area contributed by atoms with Crippen LogP contribution in [0, 0.1) is 0 Å².